The van der Waals surface area contributed by atoms with Crippen molar-refractivity contribution < 1.29 is 4.79 Å². The molecule has 8 nitrogen and oxygen atoms in total. The van der Waals surface area contributed by atoms with Gasteiger partial charge >= 0.3 is 0 Å². The zero-order chi connectivity index (χ0) is 22.2. The van der Waals surface area contributed by atoms with Gasteiger partial charge < -0.3 is 10.3 Å². The number of pyridine rings is 3. The molecule has 8 heteroatoms. The molecule has 0 spiro atoms. The normalized spacial score (nSPS) is 14.7. The highest BCUT2D eigenvalue weighted by Crippen LogP contribution is 2.30. The Kier molecular flexibility index (Phi) is 4.83. The zero-order valence-electron chi connectivity index (χ0n) is 18.0. The average Bonchev–Trinajstić information content (AvgIpc) is 3.48. The summed E-state index contributed by atoms with van der Waals surface area (Å²) in [7, 11) is 0. The standard InChI is InChI=1S/C25H23N7O/c33-25(15-4-2-1-3-5-15)28-18-10-17(12-27-13-18)19-6-7-20-23(30-19)24(32-31-20)21-11-16-8-9-26-14-22(16)29-21/h6-15,29H,1-5H2,(H,28,33)(H,31,32). The zero-order valence-corrected chi connectivity index (χ0v) is 18.0. The summed E-state index contributed by atoms with van der Waals surface area (Å²) in [5.41, 5.74) is 6.49. The summed E-state index contributed by atoms with van der Waals surface area (Å²) in [5.74, 6) is 0.180. The first-order valence-corrected chi connectivity index (χ1v) is 11.3. The molecule has 5 heterocycles. The molecule has 3 N–H and O–H groups in total. The Morgan fingerprint density at radius 3 is 2.76 bits per heavy atom. The van der Waals surface area contributed by atoms with E-state index in [2.05, 4.69) is 30.5 Å². The van der Waals surface area contributed by atoms with Crippen molar-refractivity contribution in [2.24, 2.45) is 5.92 Å². The molecular formula is C25H23N7O. The molecule has 0 unspecified atom stereocenters. The van der Waals surface area contributed by atoms with Crippen LogP contribution in [-0.2, 0) is 4.79 Å². The van der Waals surface area contributed by atoms with Gasteiger partial charge in [0.15, 0.2) is 0 Å². The molecule has 1 fully saturated rings. The molecule has 164 valence electrons. The number of amides is 1. The van der Waals surface area contributed by atoms with Crippen molar-refractivity contribution in [2.45, 2.75) is 32.1 Å². The summed E-state index contributed by atoms with van der Waals surface area (Å²) in [6.07, 6.45) is 12.4. The first-order valence-electron chi connectivity index (χ1n) is 11.3. The number of nitrogens with zero attached hydrogens (tertiary/aromatic N) is 4. The van der Waals surface area contributed by atoms with Crippen LogP contribution in [0.5, 0.6) is 0 Å². The van der Waals surface area contributed by atoms with E-state index in [1.807, 2.05) is 30.3 Å². The van der Waals surface area contributed by atoms with Gasteiger partial charge in [0, 0.05) is 29.3 Å². The number of aromatic nitrogens is 6. The van der Waals surface area contributed by atoms with Crippen molar-refractivity contribution in [3.8, 4) is 22.6 Å². The van der Waals surface area contributed by atoms with Gasteiger partial charge in [-0.2, -0.15) is 5.10 Å². The number of carbonyl (C=O) groups is 1. The number of nitrogens with one attached hydrogen (secondary N) is 3. The van der Waals surface area contributed by atoms with Gasteiger partial charge in [-0.25, -0.2) is 4.98 Å². The predicted molar refractivity (Wildman–Crippen MR) is 127 cm³/mol. The predicted octanol–water partition coefficient (Wildman–Crippen LogP) is 5.08. The van der Waals surface area contributed by atoms with Crippen LogP contribution in [0.4, 0.5) is 5.69 Å². The average molecular weight is 438 g/mol. The highest BCUT2D eigenvalue weighted by molar-refractivity contribution is 5.95. The lowest BCUT2D eigenvalue weighted by atomic mass is 9.88. The van der Waals surface area contributed by atoms with E-state index in [4.69, 9.17) is 4.98 Å². The smallest absolute Gasteiger partial charge is 0.227 e. The molecule has 5 aromatic heterocycles. The lowest BCUT2D eigenvalue weighted by Crippen LogP contribution is -2.24. The monoisotopic (exact) mass is 437 g/mol. The minimum Gasteiger partial charge on any atom is -0.352 e. The highest BCUT2D eigenvalue weighted by atomic mass is 16.1. The second-order valence-corrected chi connectivity index (χ2v) is 8.60. The van der Waals surface area contributed by atoms with Crippen LogP contribution in [0.25, 0.3) is 44.6 Å². The van der Waals surface area contributed by atoms with E-state index in [0.717, 1.165) is 70.3 Å². The molecule has 0 aliphatic heterocycles. The number of anilines is 1. The second kappa shape index (κ2) is 8.12. The minimum atomic E-state index is 0.0856. The number of H-pyrrole nitrogens is 2. The first kappa shape index (κ1) is 19.6. The van der Waals surface area contributed by atoms with Crippen molar-refractivity contribution in [2.75, 3.05) is 5.32 Å². The molecule has 33 heavy (non-hydrogen) atoms. The Balaban J connectivity index is 1.32. The van der Waals surface area contributed by atoms with Crippen LogP contribution >= 0.6 is 0 Å². The van der Waals surface area contributed by atoms with Crippen molar-refractivity contribution >= 4 is 33.5 Å². The Bertz CT molecular complexity index is 1430. The quantitative estimate of drug-likeness (QED) is 0.363. The first-order chi connectivity index (χ1) is 16.2. The van der Waals surface area contributed by atoms with Gasteiger partial charge in [0.2, 0.25) is 5.91 Å². The summed E-state index contributed by atoms with van der Waals surface area (Å²) >= 11 is 0. The highest BCUT2D eigenvalue weighted by Gasteiger charge is 2.21. The largest absolute Gasteiger partial charge is 0.352 e. The van der Waals surface area contributed by atoms with Crippen LogP contribution in [-0.4, -0.2) is 36.0 Å². The lowest BCUT2D eigenvalue weighted by Gasteiger charge is -2.20. The summed E-state index contributed by atoms with van der Waals surface area (Å²) in [5, 5.41) is 11.7. The molecule has 0 radical (unpaired) electrons. The van der Waals surface area contributed by atoms with Crippen LogP contribution in [0.2, 0.25) is 0 Å². The topological polar surface area (TPSA) is 112 Å². The van der Waals surface area contributed by atoms with Crippen molar-refractivity contribution in [3.63, 3.8) is 0 Å². The Morgan fingerprint density at radius 1 is 0.970 bits per heavy atom. The second-order valence-electron chi connectivity index (χ2n) is 8.60. The SMILES string of the molecule is O=C(Nc1cncc(-c2ccc3[nH]nc(-c4cc5ccncc5[nH]4)c3n2)c1)C1CCCCC1. The fraction of sp³-hybridized carbons (Fsp3) is 0.240. The molecule has 5 aromatic rings. The van der Waals surface area contributed by atoms with Crippen LogP contribution < -0.4 is 5.32 Å². The summed E-state index contributed by atoms with van der Waals surface area (Å²) in [6.45, 7) is 0. The maximum absolute atomic E-state index is 12.7. The summed E-state index contributed by atoms with van der Waals surface area (Å²) in [4.78, 5) is 29.4. The fourth-order valence-electron chi connectivity index (χ4n) is 4.60. The molecule has 0 bridgehead atoms. The van der Waals surface area contributed by atoms with E-state index in [0.29, 0.717) is 5.69 Å². The number of hydrogen-bond donors (Lipinski definition) is 3. The van der Waals surface area contributed by atoms with Gasteiger partial charge in [-0.3, -0.25) is 19.9 Å². The van der Waals surface area contributed by atoms with Gasteiger partial charge in [0.25, 0.3) is 0 Å². The van der Waals surface area contributed by atoms with Crippen molar-refractivity contribution in [1.82, 2.24) is 30.1 Å². The summed E-state index contributed by atoms with van der Waals surface area (Å²) < 4.78 is 0. The van der Waals surface area contributed by atoms with Gasteiger partial charge in [-0.15, -0.1) is 0 Å². The molecule has 0 atom stereocenters. The lowest BCUT2D eigenvalue weighted by molar-refractivity contribution is -0.120. The number of fused-ring (bicyclic) bond motifs is 2. The molecule has 1 aliphatic carbocycles. The number of aromatic amines is 2. The molecule has 0 saturated heterocycles. The van der Waals surface area contributed by atoms with Crippen LogP contribution in [0.3, 0.4) is 0 Å². The van der Waals surface area contributed by atoms with Crippen molar-refractivity contribution in [1.29, 1.82) is 0 Å². The third-order valence-electron chi connectivity index (χ3n) is 6.36. The third kappa shape index (κ3) is 3.73. The fourth-order valence-corrected chi connectivity index (χ4v) is 4.60. The summed E-state index contributed by atoms with van der Waals surface area (Å²) in [6, 6.07) is 9.83. The van der Waals surface area contributed by atoms with E-state index in [1.54, 1.807) is 24.8 Å². The van der Waals surface area contributed by atoms with Crippen LogP contribution in [0.1, 0.15) is 32.1 Å². The molecule has 1 aliphatic rings. The van der Waals surface area contributed by atoms with Crippen LogP contribution in [0, 0.1) is 5.92 Å². The third-order valence-corrected chi connectivity index (χ3v) is 6.36. The maximum Gasteiger partial charge on any atom is 0.227 e. The van der Waals surface area contributed by atoms with Gasteiger partial charge in [0.05, 0.1) is 40.5 Å². The van der Waals surface area contributed by atoms with E-state index in [9.17, 15) is 4.79 Å². The Morgan fingerprint density at radius 2 is 1.88 bits per heavy atom. The number of hydrogen-bond acceptors (Lipinski definition) is 5. The van der Waals surface area contributed by atoms with E-state index in [-0.39, 0.29) is 11.8 Å². The Labute approximate surface area is 189 Å². The molecule has 6 rings (SSSR count). The maximum atomic E-state index is 12.7. The Hall–Kier alpha value is -4.07. The van der Waals surface area contributed by atoms with E-state index in [1.165, 1.54) is 6.42 Å². The number of carbonyl (C=O) groups excluding carboxylic acids is 1. The van der Waals surface area contributed by atoms with Crippen molar-refractivity contribution in [3.05, 3.63) is 55.1 Å². The minimum absolute atomic E-state index is 0.0856. The number of rotatable bonds is 4. The van der Waals surface area contributed by atoms with Gasteiger partial charge in [-0.05, 0) is 43.2 Å². The van der Waals surface area contributed by atoms with Gasteiger partial charge in [0.1, 0.15) is 11.2 Å². The van der Waals surface area contributed by atoms with Gasteiger partial charge in [-0.1, -0.05) is 19.3 Å². The molecule has 1 amide bonds. The van der Waals surface area contributed by atoms with E-state index >= 15 is 0 Å². The van der Waals surface area contributed by atoms with E-state index < -0.39 is 0 Å². The molecule has 0 aromatic carbocycles. The van der Waals surface area contributed by atoms with Crippen LogP contribution in [0.15, 0.2) is 55.1 Å². The molecule has 1 saturated carbocycles. The molecular weight excluding hydrogens is 414 g/mol.